The van der Waals surface area contributed by atoms with E-state index in [1.165, 1.54) is 0 Å². The number of rotatable bonds is 2. The topological polar surface area (TPSA) is 99.7 Å². The van der Waals surface area contributed by atoms with Crippen LogP contribution in [0.3, 0.4) is 0 Å². The number of amides is 2. The van der Waals surface area contributed by atoms with Gasteiger partial charge in [-0.3, -0.25) is 14.6 Å². The van der Waals surface area contributed by atoms with Gasteiger partial charge in [-0.1, -0.05) is 0 Å². The molecule has 136 valence electrons. The summed E-state index contributed by atoms with van der Waals surface area (Å²) in [5, 5.41) is 0. The lowest BCUT2D eigenvalue weighted by Gasteiger charge is -2.33. The Hall–Kier alpha value is -2.00. The molecule has 3 heterocycles. The first kappa shape index (κ1) is 17.8. The van der Waals surface area contributed by atoms with Crippen LogP contribution < -0.4 is 4.72 Å². The molecule has 1 aromatic heterocycles. The Bertz CT molecular complexity index is 730. The number of nitrogens with zero attached hydrogens (tertiary/aromatic N) is 3. The molecule has 0 bridgehead atoms. The lowest BCUT2D eigenvalue weighted by atomic mass is 9.94. The van der Waals surface area contributed by atoms with Crippen molar-refractivity contribution in [1.82, 2.24) is 19.5 Å². The summed E-state index contributed by atoms with van der Waals surface area (Å²) in [4.78, 5) is 32.4. The Balaban J connectivity index is 1.55. The largest absolute Gasteiger partial charge is 0.340 e. The van der Waals surface area contributed by atoms with Crippen molar-refractivity contribution < 1.29 is 18.0 Å². The lowest BCUT2D eigenvalue weighted by Crippen LogP contribution is -2.45. The third-order valence-electron chi connectivity index (χ3n) is 4.69. The molecule has 0 atom stereocenters. The number of carbonyl (C=O) groups is 2. The van der Waals surface area contributed by atoms with Crippen LogP contribution in [0.4, 0.5) is 0 Å². The van der Waals surface area contributed by atoms with Gasteiger partial charge in [-0.2, -0.15) is 0 Å². The van der Waals surface area contributed by atoms with Crippen molar-refractivity contribution in [3.8, 4) is 0 Å². The minimum Gasteiger partial charge on any atom is -0.340 e. The van der Waals surface area contributed by atoms with E-state index in [-0.39, 0.29) is 36.6 Å². The van der Waals surface area contributed by atoms with Gasteiger partial charge in [0, 0.05) is 51.0 Å². The quantitative estimate of drug-likeness (QED) is 0.774. The number of likely N-dealkylation sites (tertiary alicyclic amines) is 1. The number of nitrogens with one attached hydrogen (secondary N) is 1. The molecule has 2 aliphatic heterocycles. The zero-order valence-corrected chi connectivity index (χ0v) is 14.7. The Morgan fingerprint density at radius 2 is 1.88 bits per heavy atom. The van der Waals surface area contributed by atoms with E-state index in [1.54, 1.807) is 34.3 Å². The summed E-state index contributed by atoms with van der Waals surface area (Å²) >= 11 is 0. The van der Waals surface area contributed by atoms with Crippen molar-refractivity contribution in [2.45, 2.75) is 12.8 Å². The molecule has 3 rings (SSSR count). The highest BCUT2D eigenvalue weighted by atomic mass is 32.2. The van der Waals surface area contributed by atoms with Gasteiger partial charge >= 0.3 is 0 Å². The molecule has 2 amide bonds. The number of pyridine rings is 1. The van der Waals surface area contributed by atoms with Gasteiger partial charge in [-0.05, 0) is 25.0 Å². The molecule has 9 heteroatoms. The lowest BCUT2D eigenvalue weighted by molar-refractivity contribution is -0.136. The Kier molecular flexibility index (Phi) is 5.33. The van der Waals surface area contributed by atoms with Gasteiger partial charge < -0.3 is 9.80 Å². The molecule has 0 saturated carbocycles. The third-order valence-corrected chi connectivity index (χ3v) is 6.05. The zero-order chi connectivity index (χ0) is 17.9. The summed E-state index contributed by atoms with van der Waals surface area (Å²) in [6.07, 6.45) is 4.37. The number of piperidine rings is 1. The van der Waals surface area contributed by atoms with Crippen LogP contribution in [0, 0.1) is 5.92 Å². The number of carbonyl (C=O) groups excluding carboxylic acids is 2. The molecule has 8 nitrogen and oxygen atoms in total. The van der Waals surface area contributed by atoms with E-state index >= 15 is 0 Å². The Labute approximate surface area is 147 Å². The third kappa shape index (κ3) is 4.35. The van der Waals surface area contributed by atoms with Crippen molar-refractivity contribution in [2.75, 3.05) is 38.5 Å². The summed E-state index contributed by atoms with van der Waals surface area (Å²) in [7, 11) is -3.27. The van der Waals surface area contributed by atoms with E-state index in [0.717, 1.165) is 0 Å². The Morgan fingerprint density at radius 3 is 2.56 bits per heavy atom. The molecule has 0 radical (unpaired) electrons. The highest BCUT2D eigenvalue weighted by Gasteiger charge is 2.32. The second kappa shape index (κ2) is 7.49. The van der Waals surface area contributed by atoms with Crippen molar-refractivity contribution in [3.05, 3.63) is 30.1 Å². The molecule has 0 aromatic carbocycles. The van der Waals surface area contributed by atoms with Crippen LogP contribution >= 0.6 is 0 Å². The summed E-state index contributed by atoms with van der Waals surface area (Å²) in [6, 6.07) is 3.46. The number of hydrogen-bond donors (Lipinski definition) is 1. The van der Waals surface area contributed by atoms with Gasteiger partial charge in [-0.25, -0.2) is 13.1 Å². The predicted molar refractivity (Wildman–Crippen MR) is 91.2 cm³/mol. The van der Waals surface area contributed by atoms with Gasteiger partial charge in [0.05, 0.1) is 11.3 Å². The fourth-order valence-corrected chi connectivity index (χ4v) is 4.24. The summed E-state index contributed by atoms with van der Waals surface area (Å²) in [6.45, 7) is 1.92. The van der Waals surface area contributed by atoms with Gasteiger partial charge in [0.2, 0.25) is 15.9 Å². The second-order valence-electron chi connectivity index (χ2n) is 6.35. The molecule has 2 saturated heterocycles. The van der Waals surface area contributed by atoms with Crippen molar-refractivity contribution in [2.24, 2.45) is 5.92 Å². The molecular formula is C16H22N4O4S. The van der Waals surface area contributed by atoms with E-state index in [4.69, 9.17) is 0 Å². The molecule has 0 unspecified atom stereocenters. The number of aromatic nitrogens is 1. The van der Waals surface area contributed by atoms with E-state index < -0.39 is 10.0 Å². The van der Waals surface area contributed by atoms with Crippen molar-refractivity contribution >= 4 is 21.8 Å². The maximum atomic E-state index is 12.7. The minimum atomic E-state index is -3.27. The van der Waals surface area contributed by atoms with E-state index in [2.05, 4.69) is 9.71 Å². The molecule has 2 fully saturated rings. The summed E-state index contributed by atoms with van der Waals surface area (Å²) < 4.78 is 25.6. The number of hydrogen-bond acceptors (Lipinski definition) is 5. The maximum absolute atomic E-state index is 12.7. The smallest absolute Gasteiger partial charge is 0.255 e. The molecule has 0 aliphatic carbocycles. The fourth-order valence-electron chi connectivity index (χ4n) is 3.23. The maximum Gasteiger partial charge on any atom is 0.255 e. The minimum absolute atomic E-state index is 0.00706. The highest BCUT2D eigenvalue weighted by Crippen LogP contribution is 2.21. The van der Waals surface area contributed by atoms with Crippen LogP contribution in [0.15, 0.2) is 24.5 Å². The van der Waals surface area contributed by atoms with Crippen LogP contribution in [0.25, 0.3) is 0 Å². The molecular weight excluding hydrogens is 344 g/mol. The van der Waals surface area contributed by atoms with E-state index in [1.807, 2.05) is 0 Å². The van der Waals surface area contributed by atoms with Gasteiger partial charge in [0.25, 0.3) is 5.91 Å². The van der Waals surface area contributed by atoms with Crippen molar-refractivity contribution in [3.63, 3.8) is 0 Å². The zero-order valence-electron chi connectivity index (χ0n) is 13.9. The first-order chi connectivity index (χ1) is 12.0. The van der Waals surface area contributed by atoms with Gasteiger partial charge in [0.1, 0.15) is 0 Å². The second-order valence-corrected chi connectivity index (χ2v) is 8.27. The summed E-state index contributed by atoms with van der Waals surface area (Å²) in [5.74, 6) is -0.285. The molecule has 0 spiro atoms. The van der Waals surface area contributed by atoms with Crippen LogP contribution in [-0.4, -0.2) is 73.5 Å². The molecule has 1 aromatic rings. The van der Waals surface area contributed by atoms with Gasteiger partial charge in [-0.15, -0.1) is 0 Å². The standard InChI is InChI=1S/C16H22N4O4S/c21-15(20-9-6-18-25(23,24)11-10-20)13-3-7-19(8-4-13)16(22)14-2-1-5-17-12-14/h1-2,5,12-13,18H,3-4,6-11H2. The van der Waals surface area contributed by atoms with Gasteiger partial charge in [0.15, 0.2) is 0 Å². The first-order valence-electron chi connectivity index (χ1n) is 8.42. The monoisotopic (exact) mass is 366 g/mol. The van der Waals surface area contributed by atoms with Crippen LogP contribution in [0.5, 0.6) is 0 Å². The Morgan fingerprint density at radius 1 is 1.12 bits per heavy atom. The van der Waals surface area contributed by atoms with Crippen LogP contribution in [0.1, 0.15) is 23.2 Å². The SMILES string of the molecule is O=C(c1cccnc1)N1CCC(C(=O)N2CCNS(=O)(=O)CC2)CC1. The number of sulfonamides is 1. The van der Waals surface area contributed by atoms with Crippen molar-refractivity contribution in [1.29, 1.82) is 0 Å². The molecule has 25 heavy (non-hydrogen) atoms. The predicted octanol–water partition coefficient (Wildman–Crippen LogP) is -0.305. The molecule has 1 N–H and O–H groups in total. The van der Waals surface area contributed by atoms with E-state index in [0.29, 0.717) is 38.0 Å². The normalized spacial score (nSPS) is 21.6. The summed E-state index contributed by atoms with van der Waals surface area (Å²) in [5.41, 5.74) is 0.552. The first-order valence-corrected chi connectivity index (χ1v) is 10.1. The van der Waals surface area contributed by atoms with E-state index in [9.17, 15) is 18.0 Å². The molecule has 2 aliphatic rings. The van der Waals surface area contributed by atoms with Crippen LogP contribution in [-0.2, 0) is 14.8 Å². The highest BCUT2D eigenvalue weighted by molar-refractivity contribution is 7.89. The average molecular weight is 366 g/mol. The average Bonchev–Trinajstić information content (AvgIpc) is 2.82. The van der Waals surface area contributed by atoms with Crippen LogP contribution in [0.2, 0.25) is 0 Å². The fraction of sp³-hybridized carbons (Fsp3) is 0.562.